The number of methoxy groups -OCH3 is 2. The van der Waals surface area contributed by atoms with Crippen molar-refractivity contribution in [2.24, 2.45) is 0 Å². The Hall–Kier alpha value is -3.16. The second kappa shape index (κ2) is 10.2. The maximum absolute atomic E-state index is 13.9. The molecule has 0 unspecified atom stereocenters. The number of benzene rings is 3. The lowest BCUT2D eigenvalue weighted by molar-refractivity contribution is 0.0985. The zero-order chi connectivity index (χ0) is 23.4. The summed E-state index contributed by atoms with van der Waals surface area (Å²) in [7, 11) is 3.26. The molecular weight excluding hydrogens is 434 g/mol. The van der Waals surface area contributed by atoms with Gasteiger partial charge in [-0.05, 0) is 42.1 Å². The highest BCUT2D eigenvalue weighted by Gasteiger charge is 2.25. The van der Waals surface area contributed by atoms with Crippen LogP contribution in [0.15, 0.2) is 54.6 Å². The Bertz CT molecular complexity index is 1220. The van der Waals surface area contributed by atoms with E-state index in [0.717, 1.165) is 40.9 Å². The first-order valence-electron chi connectivity index (χ1n) is 11.1. The van der Waals surface area contributed by atoms with Crippen molar-refractivity contribution in [3.63, 3.8) is 0 Å². The Morgan fingerprint density at radius 3 is 2.33 bits per heavy atom. The fourth-order valence-electron chi connectivity index (χ4n) is 4.01. The molecule has 0 spiro atoms. The van der Waals surface area contributed by atoms with Gasteiger partial charge in [-0.3, -0.25) is 9.69 Å². The van der Waals surface area contributed by atoms with Gasteiger partial charge < -0.3 is 14.4 Å². The summed E-state index contributed by atoms with van der Waals surface area (Å²) in [5, 5.41) is 2.62. The highest BCUT2D eigenvalue weighted by atomic mass is 32.1. The maximum Gasteiger partial charge on any atom is 0.260 e. The highest BCUT2D eigenvalue weighted by Crippen LogP contribution is 2.40. The number of hydrogen-bond acceptors (Lipinski definition) is 6. The topological polar surface area (TPSA) is 54.9 Å². The number of hydrogen-bond donors (Lipinski definition) is 0. The molecule has 0 saturated heterocycles. The van der Waals surface area contributed by atoms with Crippen LogP contribution in [0.5, 0.6) is 11.5 Å². The molecule has 33 heavy (non-hydrogen) atoms. The number of fused-ring (bicyclic) bond motifs is 2. The first-order valence-corrected chi connectivity index (χ1v) is 12.0. The number of thiazole rings is 1. The molecule has 3 aromatic carbocycles. The van der Waals surface area contributed by atoms with E-state index in [2.05, 4.69) is 18.7 Å². The number of rotatable bonds is 9. The van der Waals surface area contributed by atoms with Crippen molar-refractivity contribution in [1.29, 1.82) is 0 Å². The van der Waals surface area contributed by atoms with E-state index in [-0.39, 0.29) is 5.91 Å². The summed E-state index contributed by atoms with van der Waals surface area (Å²) in [5.41, 5.74) is 1.38. The van der Waals surface area contributed by atoms with Gasteiger partial charge in [0.25, 0.3) is 5.91 Å². The summed E-state index contributed by atoms with van der Waals surface area (Å²) in [5.74, 6) is 1.32. The van der Waals surface area contributed by atoms with Gasteiger partial charge in [-0.2, -0.15) is 0 Å². The van der Waals surface area contributed by atoms with Gasteiger partial charge in [-0.15, -0.1) is 0 Å². The predicted octanol–water partition coefficient (Wildman–Crippen LogP) is 5.46. The monoisotopic (exact) mass is 463 g/mol. The van der Waals surface area contributed by atoms with Gasteiger partial charge >= 0.3 is 0 Å². The number of nitrogens with zero attached hydrogens (tertiary/aromatic N) is 3. The zero-order valence-corrected chi connectivity index (χ0v) is 20.3. The standard InChI is InChI=1S/C26H29N3O3S/c1-5-28(6-2)16-17-29(25(30)20-13-9-11-18-10-7-8-12-19(18)20)26-27-23-21(31-3)14-15-22(32-4)24(23)33-26/h7-15H,5-6,16-17H2,1-4H3. The molecule has 6 nitrogen and oxygen atoms in total. The van der Waals surface area contributed by atoms with Crippen LogP contribution in [-0.4, -0.2) is 56.2 Å². The minimum atomic E-state index is -0.0593. The first-order chi connectivity index (χ1) is 16.1. The predicted molar refractivity (Wildman–Crippen MR) is 136 cm³/mol. The van der Waals surface area contributed by atoms with Crippen LogP contribution in [0.1, 0.15) is 24.2 Å². The minimum Gasteiger partial charge on any atom is -0.495 e. The third-order valence-electron chi connectivity index (χ3n) is 5.93. The van der Waals surface area contributed by atoms with E-state index < -0.39 is 0 Å². The molecule has 4 rings (SSSR count). The second-order valence-corrected chi connectivity index (χ2v) is 8.63. The van der Waals surface area contributed by atoms with Gasteiger partial charge in [-0.1, -0.05) is 61.6 Å². The maximum atomic E-state index is 13.9. The first kappa shape index (κ1) is 23.0. The fourth-order valence-corrected chi connectivity index (χ4v) is 5.11. The number of ether oxygens (including phenoxy) is 2. The molecule has 1 amide bonds. The molecule has 0 fully saturated rings. The van der Waals surface area contributed by atoms with Crippen LogP contribution < -0.4 is 14.4 Å². The van der Waals surface area contributed by atoms with Crippen molar-refractivity contribution in [2.75, 3.05) is 45.3 Å². The molecule has 0 radical (unpaired) electrons. The average Bonchev–Trinajstić information content (AvgIpc) is 3.30. The smallest absolute Gasteiger partial charge is 0.260 e. The summed E-state index contributed by atoms with van der Waals surface area (Å²) in [6.45, 7) is 7.41. The lowest BCUT2D eigenvalue weighted by Crippen LogP contribution is -2.39. The van der Waals surface area contributed by atoms with Crippen LogP contribution in [0.25, 0.3) is 21.0 Å². The van der Waals surface area contributed by atoms with Gasteiger partial charge in [-0.25, -0.2) is 4.98 Å². The van der Waals surface area contributed by atoms with Crippen LogP contribution in [0, 0.1) is 0 Å². The highest BCUT2D eigenvalue weighted by molar-refractivity contribution is 7.22. The van der Waals surface area contributed by atoms with Gasteiger partial charge in [0.2, 0.25) is 0 Å². The van der Waals surface area contributed by atoms with E-state index in [4.69, 9.17) is 14.5 Å². The molecule has 0 N–H and O–H groups in total. The quantitative estimate of drug-likeness (QED) is 0.330. The molecule has 0 atom stereocenters. The molecule has 4 aromatic rings. The summed E-state index contributed by atoms with van der Waals surface area (Å²) in [6.07, 6.45) is 0. The largest absolute Gasteiger partial charge is 0.495 e. The molecule has 0 aliphatic rings. The van der Waals surface area contributed by atoms with Crippen molar-refractivity contribution in [3.05, 3.63) is 60.2 Å². The molecule has 0 aliphatic carbocycles. The third-order valence-corrected chi connectivity index (χ3v) is 7.02. The summed E-state index contributed by atoms with van der Waals surface area (Å²) in [4.78, 5) is 22.9. The van der Waals surface area contributed by atoms with Crippen LogP contribution in [0.3, 0.4) is 0 Å². The van der Waals surface area contributed by atoms with Crippen molar-refractivity contribution >= 4 is 43.4 Å². The van der Waals surface area contributed by atoms with Crippen LogP contribution in [0.2, 0.25) is 0 Å². The molecule has 172 valence electrons. The molecule has 1 heterocycles. The Balaban J connectivity index is 1.82. The van der Waals surface area contributed by atoms with E-state index in [0.29, 0.717) is 28.5 Å². The number of carbonyl (C=O) groups is 1. The van der Waals surface area contributed by atoms with Gasteiger partial charge in [0.15, 0.2) is 5.13 Å². The van der Waals surface area contributed by atoms with E-state index in [1.165, 1.54) is 11.3 Å². The van der Waals surface area contributed by atoms with Crippen molar-refractivity contribution < 1.29 is 14.3 Å². The van der Waals surface area contributed by atoms with E-state index in [1.54, 1.807) is 19.1 Å². The normalized spacial score (nSPS) is 11.3. The molecule has 0 aliphatic heterocycles. The number of carbonyl (C=O) groups excluding carboxylic acids is 1. The number of anilines is 1. The molecular formula is C26H29N3O3S. The number of aromatic nitrogens is 1. The molecule has 0 saturated carbocycles. The summed E-state index contributed by atoms with van der Waals surface area (Å²) in [6, 6.07) is 17.5. The lowest BCUT2D eigenvalue weighted by Gasteiger charge is -2.25. The van der Waals surface area contributed by atoms with Gasteiger partial charge in [0.05, 0.1) is 14.2 Å². The summed E-state index contributed by atoms with van der Waals surface area (Å²) < 4.78 is 12.0. The number of likely N-dealkylation sites (N-methyl/N-ethyl adjacent to an activating group) is 1. The van der Waals surface area contributed by atoms with Crippen molar-refractivity contribution in [3.8, 4) is 11.5 Å². The molecule has 7 heteroatoms. The molecule has 1 aromatic heterocycles. The fraction of sp³-hybridized carbons (Fsp3) is 0.308. The lowest BCUT2D eigenvalue weighted by atomic mass is 10.0. The number of amides is 1. The van der Waals surface area contributed by atoms with Crippen molar-refractivity contribution in [1.82, 2.24) is 9.88 Å². The second-order valence-electron chi connectivity index (χ2n) is 7.65. The Labute approximate surface area is 198 Å². The molecule has 0 bridgehead atoms. The van der Waals surface area contributed by atoms with Gasteiger partial charge in [0.1, 0.15) is 21.7 Å². The SMILES string of the molecule is CCN(CC)CCN(C(=O)c1cccc2ccccc12)c1nc2c(OC)ccc(OC)c2s1. The van der Waals surface area contributed by atoms with Gasteiger partial charge in [0, 0.05) is 18.7 Å². The van der Waals surface area contributed by atoms with Crippen molar-refractivity contribution in [2.45, 2.75) is 13.8 Å². The Morgan fingerprint density at radius 1 is 0.909 bits per heavy atom. The van der Waals surface area contributed by atoms with E-state index in [9.17, 15) is 4.79 Å². The van der Waals surface area contributed by atoms with E-state index >= 15 is 0 Å². The van der Waals surface area contributed by atoms with Crippen LogP contribution in [-0.2, 0) is 0 Å². The van der Waals surface area contributed by atoms with Crippen LogP contribution in [0.4, 0.5) is 5.13 Å². The zero-order valence-electron chi connectivity index (χ0n) is 19.5. The minimum absolute atomic E-state index is 0.0593. The Kier molecular flexibility index (Phi) is 7.11. The average molecular weight is 464 g/mol. The Morgan fingerprint density at radius 2 is 1.61 bits per heavy atom. The van der Waals surface area contributed by atoms with E-state index in [1.807, 2.05) is 54.6 Å². The van der Waals surface area contributed by atoms with Crippen LogP contribution >= 0.6 is 11.3 Å². The summed E-state index contributed by atoms with van der Waals surface area (Å²) >= 11 is 1.45. The third kappa shape index (κ3) is 4.51.